The Hall–Kier alpha value is -3.30. The normalized spacial score (nSPS) is 13.8. The van der Waals surface area contributed by atoms with E-state index in [9.17, 15) is 14.0 Å². The maximum absolute atomic E-state index is 15.0. The molecular weight excluding hydrogens is 466 g/mol. The fraction of sp³-hybridized carbons (Fsp3) is 0.0833. The lowest BCUT2D eigenvalue weighted by Gasteiger charge is -2.12. The van der Waals surface area contributed by atoms with Gasteiger partial charge in [0.05, 0.1) is 27.8 Å². The summed E-state index contributed by atoms with van der Waals surface area (Å²) in [6, 6.07) is 15.7. The van der Waals surface area contributed by atoms with E-state index in [2.05, 4.69) is 5.32 Å². The third-order valence-electron chi connectivity index (χ3n) is 4.69. The van der Waals surface area contributed by atoms with Gasteiger partial charge >= 0.3 is 5.97 Å². The molecule has 33 heavy (non-hydrogen) atoms. The Balaban J connectivity index is 1.71. The first-order valence-corrected chi connectivity index (χ1v) is 11.5. The summed E-state index contributed by atoms with van der Waals surface area (Å²) in [5.41, 5.74) is 6.05. The highest BCUT2D eigenvalue weighted by Crippen LogP contribution is 2.43. The minimum absolute atomic E-state index is 0.0193. The minimum atomic E-state index is -0.969. The molecule has 1 aliphatic rings. The monoisotopic (exact) mass is 484 g/mol. The second-order valence-electron chi connectivity index (χ2n) is 6.88. The van der Waals surface area contributed by atoms with Crippen molar-refractivity contribution >= 4 is 46.7 Å². The van der Waals surface area contributed by atoms with Gasteiger partial charge in [-0.2, -0.15) is 0 Å². The van der Waals surface area contributed by atoms with Crippen LogP contribution in [0.2, 0.25) is 0 Å². The van der Waals surface area contributed by atoms with Crippen LogP contribution in [-0.2, 0) is 9.53 Å². The number of hydrogen-bond donors (Lipinski definition) is 2. The summed E-state index contributed by atoms with van der Waals surface area (Å²) >= 11 is 2.09. The van der Waals surface area contributed by atoms with Crippen LogP contribution in [0.4, 0.5) is 20.2 Å². The largest absolute Gasteiger partial charge is 0.462 e. The van der Waals surface area contributed by atoms with E-state index in [-0.39, 0.29) is 22.1 Å². The summed E-state index contributed by atoms with van der Waals surface area (Å²) in [5.74, 6) is -3.65. The molecule has 0 amide bonds. The number of Topliss-reactive ketones (excluding diaryl/α,β-unsaturated/α-hetero) is 1. The van der Waals surface area contributed by atoms with Crippen LogP contribution >= 0.6 is 23.5 Å². The van der Waals surface area contributed by atoms with E-state index in [1.54, 1.807) is 43.3 Å². The highest BCUT2D eigenvalue weighted by atomic mass is 32.2. The fourth-order valence-electron chi connectivity index (χ4n) is 3.13. The molecule has 3 aromatic rings. The van der Waals surface area contributed by atoms with Crippen molar-refractivity contribution in [3.05, 3.63) is 88.5 Å². The predicted molar refractivity (Wildman–Crippen MR) is 125 cm³/mol. The van der Waals surface area contributed by atoms with Gasteiger partial charge in [-0.1, -0.05) is 47.8 Å². The molecule has 4 rings (SSSR count). The standard InChI is InChI=1S/C24H18F2N2O3S2/c1-2-31-24(30)21(23-28-17-8-4-6-10-19(17)33-23)22(29)13-11-15(26)20(12-14(13)25)32-18-9-5-3-7-16(18)27/h3-12,28H,2,27H2,1H3/b23-21-. The van der Waals surface area contributed by atoms with Crippen molar-refractivity contribution in [1.29, 1.82) is 0 Å². The molecule has 0 saturated heterocycles. The summed E-state index contributed by atoms with van der Waals surface area (Å²) in [5, 5.41) is 3.20. The number of nitrogen functional groups attached to an aromatic ring is 1. The Morgan fingerprint density at radius 3 is 2.48 bits per heavy atom. The van der Waals surface area contributed by atoms with Gasteiger partial charge in [-0.25, -0.2) is 13.6 Å². The topological polar surface area (TPSA) is 81.4 Å². The van der Waals surface area contributed by atoms with Crippen LogP contribution in [0.25, 0.3) is 0 Å². The van der Waals surface area contributed by atoms with E-state index in [0.717, 1.165) is 40.6 Å². The lowest BCUT2D eigenvalue weighted by atomic mass is 10.0. The number of nitrogens with one attached hydrogen (secondary N) is 1. The number of rotatable bonds is 6. The molecule has 3 N–H and O–H groups in total. The molecule has 0 fully saturated rings. The average molecular weight is 485 g/mol. The van der Waals surface area contributed by atoms with Crippen LogP contribution in [0.15, 0.2) is 86.0 Å². The van der Waals surface area contributed by atoms with Crippen LogP contribution in [0.5, 0.6) is 0 Å². The number of carbonyl (C=O) groups is 2. The van der Waals surface area contributed by atoms with Crippen LogP contribution < -0.4 is 11.1 Å². The van der Waals surface area contributed by atoms with Crippen molar-refractivity contribution in [2.75, 3.05) is 17.7 Å². The summed E-state index contributed by atoms with van der Waals surface area (Å²) < 4.78 is 34.9. The average Bonchev–Trinajstić information content (AvgIpc) is 3.21. The summed E-state index contributed by atoms with van der Waals surface area (Å²) in [6.45, 7) is 1.61. The van der Waals surface area contributed by atoms with Crippen molar-refractivity contribution in [3.8, 4) is 0 Å². The molecule has 0 bridgehead atoms. The zero-order valence-electron chi connectivity index (χ0n) is 17.4. The lowest BCUT2D eigenvalue weighted by Crippen LogP contribution is -2.20. The number of hydrogen-bond acceptors (Lipinski definition) is 7. The van der Waals surface area contributed by atoms with Gasteiger partial charge < -0.3 is 15.8 Å². The van der Waals surface area contributed by atoms with Crippen molar-refractivity contribution in [2.24, 2.45) is 0 Å². The van der Waals surface area contributed by atoms with Crippen LogP contribution in [0, 0.1) is 11.6 Å². The molecule has 0 spiro atoms. The van der Waals surface area contributed by atoms with Gasteiger partial charge in [-0.05, 0) is 43.3 Å². The second-order valence-corrected chi connectivity index (χ2v) is 9.02. The Labute approximate surface area is 197 Å². The van der Waals surface area contributed by atoms with Crippen molar-refractivity contribution in [1.82, 2.24) is 0 Å². The van der Waals surface area contributed by atoms with E-state index in [0.29, 0.717) is 16.3 Å². The maximum atomic E-state index is 15.0. The van der Waals surface area contributed by atoms with E-state index in [1.807, 2.05) is 12.1 Å². The number of fused-ring (bicyclic) bond motifs is 1. The first-order chi connectivity index (χ1) is 15.9. The zero-order valence-corrected chi connectivity index (χ0v) is 19.0. The number of benzene rings is 3. The number of thioether (sulfide) groups is 1. The molecule has 0 atom stereocenters. The summed E-state index contributed by atoms with van der Waals surface area (Å²) in [6.07, 6.45) is 0. The first kappa shape index (κ1) is 22.9. The lowest BCUT2D eigenvalue weighted by molar-refractivity contribution is -0.138. The smallest absolute Gasteiger partial charge is 0.344 e. The number of anilines is 2. The van der Waals surface area contributed by atoms with Crippen LogP contribution in [-0.4, -0.2) is 18.4 Å². The number of para-hydroxylation sites is 2. The van der Waals surface area contributed by atoms with Gasteiger partial charge in [0.2, 0.25) is 5.78 Å². The number of ketones is 1. The third kappa shape index (κ3) is 4.74. The van der Waals surface area contributed by atoms with Gasteiger partial charge in [-0.15, -0.1) is 0 Å². The van der Waals surface area contributed by atoms with E-state index < -0.39 is 29.0 Å². The maximum Gasteiger partial charge on any atom is 0.344 e. The molecule has 1 aliphatic heterocycles. The molecular formula is C24H18F2N2O3S2. The number of ether oxygens (including phenoxy) is 1. The number of nitrogens with two attached hydrogens (primary N) is 1. The minimum Gasteiger partial charge on any atom is -0.462 e. The van der Waals surface area contributed by atoms with Gasteiger partial charge in [0, 0.05) is 15.5 Å². The molecule has 0 radical (unpaired) electrons. The first-order valence-electron chi connectivity index (χ1n) is 9.90. The molecule has 0 aromatic heterocycles. The molecule has 9 heteroatoms. The SMILES string of the molecule is CCOC(=O)/C(C(=O)c1cc(F)c(Sc2ccccc2N)cc1F)=C1/Nc2ccccc2S1. The number of halogens is 2. The van der Waals surface area contributed by atoms with E-state index in [4.69, 9.17) is 10.5 Å². The Kier molecular flexibility index (Phi) is 6.71. The predicted octanol–water partition coefficient (Wildman–Crippen LogP) is 5.87. The van der Waals surface area contributed by atoms with Gasteiger partial charge in [-0.3, -0.25) is 4.79 Å². The molecule has 168 valence electrons. The van der Waals surface area contributed by atoms with E-state index in [1.165, 1.54) is 0 Å². The molecule has 0 aliphatic carbocycles. The highest BCUT2D eigenvalue weighted by Gasteiger charge is 2.32. The molecule has 0 saturated carbocycles. The molecule has 0 unspecified atom stereocenters. The van der Waals surface area contributed by atoms with E-state index >= 15 is 4.39 Å². The van der Waals surface area contributed by atoms with Gasteiger partial charge in [0.1, 0.15) is 17.2 Å². The summed E-state index contributed by atoms with van der Waals surface area (Å²) in [7, 11) is 0. The molecule has 5 nitrogen and oxygen atoms in total. The van der Waals surface area contributed by atoms with Crippen molar-refractivity contribution < 1.29 is 23.1 Å². The second kappa shape index (κ2) is 9.68. The quantitative estimate of drug-likeness (QED) is 0.113. The van der Waals surface area contributed by atoms with Gasteiger partial charge in [0.15, 0.2) is 0 Å². The third-order valence-corrected chi connectivity index (χ3v) is 6.90. The van der Waals surface area contributed by atoms with Crippen molar-refractivity contribution in [2.45, 2.75) is 21.6 Å². The number of carbonyl (C=O) groups excluding carboxylic acids is 2. The Morgan fingerprint density at radius 2 is 1.76 bits per heavy atom. The molecule has 3 aromatic carbocycles. The van der Waals surface area contributed by atoms with Crippen LogP contribution in [0.3, 0.4) is 0 Å². The van der Waals surface area contributed by atoms with Crippen molar-refractivity contribution in [3.63, 3.8) is 0 Å². The number of esters is 1. The Morgan fingerprint density at radius 1 is 1.03 bits per heavy atom. The Bertz CT molecular complexity index is 1270. The fourth-order valence-corrected chi connectivity index (χ4v) is 5.05. The highest BCUT2D eigenvalue weighted by molar-refractivity contribution is 8.03. The molecule has 1 heterocycles. The van der Waals surface area contributed by atoms with Gasteiger partial charge in [0.25, 0.3) is 0 Å². The zero-order chi connectivity index (χ0) is 23.5. The van der Waals surface area contributed by atoms with Crippen LogP contribution in [0.1, 0.15) is 17.3 Å². The summed E-state index contributed by atoms with van der Waals surface area (Å²) in [4.78, 5) is 27.2.